The minimum atomic E-state index is 0.338. The minimum absolute atomic E-state index is 0.338. The summed E-state index contributed by atoms with van der Waals surface area (Å²) in [5.74, 6) is 1.92. The molecule has 0 bridgehead atoms. The van der Waals surface area contributed by atoms with Gasteiger partial charge in [0.15, 0.2) is 11.5 Å². The van der Waals surface area contributed by atoms with Gasteiger partial charge in [-0.05, 0) is 6.92 Å². The van der Waals surface area contributed by atoms with Crippen molar-refractivity contribution in [3.8, 4) is 5.82 Å². The molecule has 7 heteroatoms. The number of nitrogens with zero attached hydrogens (tertiary/aromatic N) is 6. The summed E-state index contributed by atoms with van der Waals surface area (Å²) in [5.41, 5.74) is 2.69. The van der Waals surface area contributed by atoms with Gasteiger partial charge in [0.05, 0.1) is 11.6 Å². The van der Waals surface area contributed by atoms with E-state index in [-0.39, 0.29) is 0 Å². The quantitative estimate of drug-likeness (QED) is 0.660. The molecule has 0 unspecified atom stereocenters. The van der Waals surface area contributed by atoms with Crippen LogP contribution in [0.5, 0.6) is 0 Å². The Morgan fingerprint density at radius 2 is 2.06 bits per heavy atom. The molecule has 0 aromatic carbocycles. The van der Waals surface area contributed by atoms with Crippen LogP contribution in [-0.2, 0) is 20.0 Å². The number of rotatable bonds is 2. The van der Waals surface area contributed by atoms with Gasteiger partial charge in [-0.3, -0.25) is 9.25 Å². The highest BCUT2D eigenvalue weighted by atomic mass is 35.5. The van der Waals surface area contributed by atoms with Gasteiger partial charge in [-0.25, -0.2) is 9.67 Å². The van der Waals surface area contributed by atoms with Crippen molar-refractivity contribution in [1.82, 2.24) is 29.1 Å². The highest BCUT2D eigenvalue weighted by molar-refractivity contribution is 6.16. The van der Waals surface area contributed by atoms with E-state index in [0.29, 0.717) is 5.88 Å². The molecule has 3 aromatic heterocycles. The Hall–Kier alpha value is -1.82. The van der Waals surface area contributed by atoms with Gasteiger partial charge in [0.2, 0.25) is 0 Å². The van der Waals surface area contributed by atoms with Crippen molar-refractivity contribution < 1.29 is 0 Å². The van der Waals surface area contributed by atoms with E-state index in [2.05, 4.69) is 15.2 Å². The first-order chi connectivity index (χ1) is 8.61. The van der Waals surface area contributed by atoms with Crippen molar-refractivity contribution >= 4 is 22.8 Å². The van der Waals surface area contributed by atoms with Crippen molar-refractivity contribution in [2.75, 3.05) is 0 Å². The molecular weight excluding hydrogens is 252 g/mol. The summed E-state index contributed by atoms with van der Waals surface area (Å²) in [4.78, 5) is 4.54. The maximum atomic E-state index is 5.97. The van der Waals surface area contributed by atoms with E-state index < -0.39 is 0 Å². The molecule has 0 fully saturated rings. The van der Waals surface area contributed by atoms with Crippen LogP contribution in [-0.4, -0.2) is 29.1 Å². The number of hydrogen-bond acceptors (Lipinski definition) is 3. The van der Waals surface area contributed by atoms with Gasteiger partial charge in [-0.1, -0.05) is 0 Å². The van der Waals surface area contributed by atoms with Gasteiger partial charge in [0, 0.05) is 26.4 Å². The fraction of sp³-hybridized carbons (Fsp3) is 0.364. The number of imidazole rings is 1. The molecule has 0 amide bonds. The Kier molecular flexibility index (Phi) is 2.41. The monoisotopic (exact) mass is 264 g/mol. The molecule has 3 rings (SSSR count). The Morgan fingerprint density at radius 1 is 1.28 bits per heavy atom. The summed E-state index contributed by atoms with van der Waals surface area (Å²) in [6.07, 6.45) is 1.89. The zero-order chi connectivity index (χ0) is 12.9. The van der Waals surface area contributed by atoms with Crippen LogP contribution in [0.15, 0.2) is 12.3 Å². The van der Waals surface area contributed by atoms with Crippen molar-refractivity contribution in [2.45, 2.75) is 12.8 Å². The first-order valence-corrected chi connectivity index (χ1v) is 6.12. The van der Waals surface area contributed by atoms with Gasteiger partial charge in [0.1, 0.15) is 11.3 Å². The standard InChI is InChI=1S/C11H13ClN6/c1-7-10-11(17(3)14-7)18(9(6-12)13-10)8-4-5-16(2)15-8/h4-5H,6H2,1-3H3. The van der Waals surface area contributed by atoms with E-state index in [1.807, 2.05) is 42.5 Å². The molecule has 3 aromatic rings. The maximum absolute atomic E-state index is 5.97. The highest BCUT2D eigenvalue weighted by Gasteiger charge is 2.19. The molecule has 0 N–H and O–H groups in total. The van der Waals surface area contributed by atoms with Crippen LogP contribution in [0.4, 0.5) is 0 Å². The molecule has 94 valence electrons. The zero-order valence-corrected chi connectivity index (χ0v) is 11.2. The lowest BCUT2D eigenvalue weighted by Gasteiger charge is -2.04. The molecule has 18 heavy (non-hydrogen) atoms. The molecule has 0 saturated heterocycles. The molecule has 0 aliphatic rings. The van der Waals surface area contributed by atoms with E-state index in [9.17, 15) is 0 Å². The van der Waals surface area contributed by atoms with Gasteiger partial charge in [0.25, 0.3) is 0 Å². The third-order valence-electron chi connectivity index (χ3n) is 2.92. The van der Waals surface area contributed by atoms with Crippen LogP contribution in [0.25, 0.3) is 17.0 Å². The molecular formula is C11H13ClN6. The normalized spacial score (nSPS) is 11.6. The van der Waals surface area contributed by atoms with Crippen molar-refractivity contribution in [3.63, 3.8) is 0 Å². The molecule has 3 heterocycles. The van der Waals surface area contributed by atoms with Crippen molar-refractivity contribution in [2.24, 2.45) is 14.1 Å². The second-order valence-corrected chi connectivity index (χ2v) is 4.49. The maximum Gasteiger partial charge on any atom is 0.164 e. The van der Waals surface area contributed by atoms with Crippen molar-refractivity contribution in [3.05, 3.63) is 23.8 Å². The van der Waals surface area contributed by atoms with E-state index >= 15 is 0 Å². The summed E-state index contributed by atoms with van der Waals surface area (Å²) in [6, 6.07) is 1.93. The predicted octanol–water partition coefficient (Wildman–Crippen LogP) is 1.54. The fourth-order valence-corrected chi connectivity index (χ4v) is 2.35. The molecule has 0 spiro atoms. The van der Waals surface area contributed by atoms with E-state index in [1.165, 1.54) is 0 Å². The number of alkyl halides is 1. The number of halogens is 1. The molecule has 6 nitrogen and oxygen atoms in total. The van der Waals surface area contributed by atoms with E-state index in [4.69, 9.17) is 11.6 Å². The average Bonchev–Trinajstić information content (AvgIpc) is 2.96. The van der Waals surface area contributed by atoms with E-state index in [0.717, 1.165) is 28.5 Å². The largest absolute Gasteiger partial charge is 0.274 e. The highest BCUT2D eigenvalue weighted by Crippen LogP contribution is 2.23. The number of fused-ring (bicyclic) bond motifs is 1. The Balaban J connectivity index is 2.38. The Labute approximate surface area is 109 Å². The summed E-state index contributed by atoms with van der Waals surface area (Å²) < 4.78 is 5.51. The molecule has 0 saturated carbocycles. The van der Waals surface area contributed by atoms with Gasteiger partial charge in [-0.2, -0.15) is 10.2 Å². The first kappa shape index (κ1) is 11.3. The summed E-state index contributed by atoms with van der Waals surface area (Å²) in [6.45, 7) is 1.94. The smallest absolute Gasteiger partial charge is 0.164 e. The predicted molar refractivity (Wildman–Crippen MR) is 68.9 cm³/mol. The van der Waals surface area contributed by atoms with Crippen LogP contribution < -0.4 is 0 Å². The molecule has 0 aliphatic carbocycles. The van der Waals surface area contributed by atoms with Gasteiger partial charge < -0.3 is 0 Å². The fourth-order valence-electron chi connectivity index (χ4n) is 2.17. The van der Waals surface area contributed by atoms with E-state index in [1.54, 1.807) is 4.68 Å². The average molecular weight is 265 g/mol. The van der Waals surface area contributed by atoms with Crippen LogP contribution >= 0.6 is 11.6 Å². The molecule has 0 radical (unpaired) electrons. The molecule has 0 aliphatic heterocycles. The van der Waals surface area contributed by atoms with Crippen LogP contribution in [0.3, 0.4) is 0 Å². The Morgan fingerprint density at radius 3 is 2.67 bits per heavy atom. The second kappa shape index (κ2) is 3.84. The second-order valence-electron chi connectivity index (χ2n) is 4.23. The lowest BCUT2D eigenvalue weighted by Crippen LogP contribution is -2.05. The Bertz CT molecular complexity index is 719. The molecule has 0 atom stereocenters. The third kappa shape index (κ3) is 1.45. The van der Waals surface area contributed by atoms with Gasteiger partial charge >= 0.3 is 0 Å². The van der Waals surface area contributed by atoms with Crippen LogP contribution in [0, 0.1) is 6.92 Å². The minimum Gasteiger partial charge on any atom is -0.274 e. The lowest BCUT2D eigenvalue weighted by molar-refractivity contribution is 0.727. The lowest BCUT2D eigenvalue weighted by atomic mass is 10.4. The van der Waals surface area contributed by atoms with Crippen molar-refractivity contribution in [1.29, 1.82) is 0 Å². The number of hydrogen-bond donors (Lipinski definition) is 0. The van der Waals surface area contributed by atoms with Crippen LogP contribution in [0.1, 0.15) is 11.5 Å². The topological polar surface area (TPSA) is 53.5 Å². The number of aryl methyl sites for hydroxylation is 3. The SMILES string of the molecule is Cc1nn(C)c2c1nc(CCl)n2-c1ccn(C)n1. The summed E-state index contributed by atoms with van der Waals surface area (Å²) in [5, 5.41) is 8.78. The summed E-state index contributed by atoms with van der Waals surface area (Å²) >= 11 is 5.97. The summed E-state index contributed by atoms with van der Waals surface area (Å²) in [7, 11) is 3.78. The van der Waals surface area contributed by atoms with Crippen LogP contribution in [0.2, 0.25) is 0 Å². The third-order valence-corrected chi connectivity index (χ3v) is 3.16. The first-order valence-electron chi connectivity index (χ1n) is 5.58. The zero-order valence-electron chi connectivity index (χ0n) is 10.4. The number of aromatic nitrogens is 6. The van der Waals surface area contributed by atoms with Gasteiger partial charge in [-0.15, -0.1) is 11.6 Å².